The van der Waals surface area contributed by atoms with Crippen LogP contribution >= 0.6 is 15.9 Å². The van der Waals surface area contributed by atoms with Crippen molar-refractivity contribution in [3.05, 3.63) is 38.3 Å². The van der Waals surface area contributed by atoms with Gasteiger partial charge in [-0.05, 0) is 42.0 Å². The molecular weight excluding hydrogens is 314 g/mol. The summed E-state index contributed by atoms with van der Waals surface area (Å²) in [7, 11) is 3.53. The molecule has 19 heavy (non-hydrogen) atoms. The summed E-state index contributed by atoms with van der Waals surface area (Å²) < 4.78 is 0.227. The van der Waals surface area contributed by atoms with Crippen molar-refractivity contribution < 1.29 is 9.72 Å². The molecule has 0 radical (unpaired) electrons. The number of nitrogens with zero attached hydrogens (tertiary/aromatic N) is 2. The van der Waals surface area contributed by atoms with Crippen LogP contribution in [0.2, 0.25) is 0 Å². The van der Waals surface area contributed by atoms with Gasteiger partial charge in [-0.25, -0.2) is 0 Å². The highest BCUT2D eigenvalue weighted by atomic mass is 79.9. The van der Waals surface area contributed by atoms with Crippen molar-refractivity contribution in [2.75, 3.05) is 27.2 Å². The van der Waals surface area contributed by atoms with E-state index in [0.717, 1.165) is 13.0 Å². The topological polar surface area (TPSA) is 75.5 Å². The number of halogens is 1. The monoisotopic (exact) mass is 329 g/mol. The van der Waals surface area contributed by atoms with Gasteiger partial charge in [-0.3, -0.25) is 14.9 Å². The summed E-state index contributed by atoms with van der Waals surface area (Å²) in [4.78, 5) is 24.1. The fraction of sp³-hybridized carbons (Fsp3) is 0.417. The molecule has 7 heteroatoms. The molecule has 104 valence electrons. The molecule has 1 N–H and O–H groups in total. The summed E-state index contributed by atoms with van der Waals surface area (Å²) in [5, 5.41) is 13.8. The summed E-state index contributed by atoms with van der Waals surface area (Å²) in [6.07, 6.45) is 0.825. The number of nitro benzene ring substituents is 1. The number of nitrogens with one attached hydrogen (secondary N) is 1. The molecule has 0 atom stereocenters. The first-order valence-corrected chi connectivity index (χ1v) is 6.61. The van der Waals surface area contributed by atoms with Gasteiger partial charge in [-0.1, -0.05) is 6.07 Å². The normalized spacial score (nSPS) is 10.3. The van der Waals surface area contributed by atoms with Gasteiger partial charge in [-0.15, -0.1) is 0 Å². The number of hydrogen-bond donors (Lipinski definition) is 1. The fourth-order valence-electron chi connectivity index (χ4n) is 1.63. The smallest absolute Gasteiger partial charge is 0.284 e. The van der Waals surface area contributed by atoms with Gasteiger partial charge < -0.3 is 10.2 Å². The van der Waals surface area contributed by atoms with Crippen LogP contribution in [0.3, 0.4) is 0 Å². The van der Waals surface area contributed by atoms with E-state index >= 15 is 0 Å². The molecule has 1 aromatic carbocycles. The number of rotatable bonds is 6. The van der Waals surface area contributed by atoms with Crippen LogP contribution < -0.4 is 5.32 Å². The zero-order valence-corrected chi connectivity index (χ0v) is 12.4. The van der Waals surface area contributed by atoms with Crippen LogP contribution in [0.5, 0.6) is 0 Å². The van der Waals surface area contributed by atoms with E-state index in [1.165, 1.54) is 12.1 Å². The van der Waals surface area contributed by atoms with Crippen LogP contribution in [-0.4, -0.2) is 42.9 Å². The lowest BCUT2D eigenvalue weighted by Crippen LogP contribution is -2.29. The van der Waals surface area contributed by atoms with Gasteiger partial charge in [0, 0.05) is 19.7 Å². The van der Waals surface area contributed by atoms with E-state index in [-0.39, 0.29) is 16.1 Å². The predicted molar refractivity (Wildman–Crippen MR) is 76.3 cm³/mol. The summed E-state index contributed by atoms with van der Waals surface area (Å²) in [6, 6.07) is 4.45. The van der Waals surface area contributed by atoms with Crippen molar-refractivity contribution in [1.82, 2.24) is 10.2 Å². The van der Waals surface area contributed by atoms with Crippen LogP contribution in [0.25, 0.3) is 0 Å². The minimum atomic E-state index is -0.512. The van der Waals surface area contributed by atoms with Crippen molar-refractivity contribution in [3.8, 4) is 0 Å². The first kappa shape index (κ1) is 15.6. The zero-order chi connectivity index (χ0) is 14.4. The second-order valence-electron chi connectivity index (χ2n) is 4.08. The largest absolute Gasteiger partial charge is 0.342 e. The lowest BCUT2D eigenvalue weighted by Gasteiger charge is -2.17. The van der Waals surface area contributed by atoms with Gasteiger partial charge in [0.2, 0.25) is 0 Å². The Hall–Kier alpha value is -1.47. The van der Waals surface area contributed by atoms with E-state index in [2.05, 4.69) is 21.2 Å². The van der Waals surface area contributed by atoms with Crippen molar-refractivity contribution in [2.45, 2.75) is 6.42 Å². The minimum Gasteiger partial charge on any atom is -0.342 e. The Labute approximate surface area is 120 Å². The van der Waals surface area contributed by atoms with E-state index in [4.69, 9.17) is 0 Å². The molecule has 0 spiro atoms. The highest BCUT2D eigenvalue weighted by Gasteiger charge is 2.21. The van der Waals surface area contributed by atoms with Gasteiger partial charge in [-0.2, -0.15) is 0 Å². The van der Waals surface area contributed by atoms with E-state index in [1.807, 2.05) is 7.05 Å². The summed E-state index contributed by atoms with van der Waals surface area (Å²) >= 11 is 3.13. The molecule has 0 heterocycles. The lowest BCUT2D eigenvalue weighted by molar-refractivity contribution is -0.385. The zero-order valence-electron chi connectivity index (χ0n) is 10.9. The Balaban J connectivity index is 2.88. The number of amides is 1. The maximum atomic E-state index is 12.2. The number of nitro groups is 1. The van der Waals surface area contributed by atoms with E-state index < -0.39 is 4.92 Å². The second kappa shape index (κ2) is 7.20. The first-order valence-electron chi connectivity index (χ1n) is 5.82. The standard InChI is InChI=1S/C12H16BrN3O3/c1-14-7-4-8-15(2)12(17)9-5-3-6-10(11(9)13)16(18)19/h3,5-6,14H,4,7-8H2,1-2H3. The summed E-state index contributed by atoms with van der Waals surface area (Å²) in [5.41, 5.74) is 0.204. The summed E-state index contributed by atoms with van der Waals surface area (Å²) in [6.45, 7) is 1.41. The first-order chi connectivity index (χ1) is 8.99. The number of hydrogen-bond acceptors (Lipinski definition) is 4. The summed E-state index contributed by atoms with van der Waals surface area (Å²) in [5.74, 6) is -0.230. The molecule has 0 aliphatic heterocycles. The molecule has 0 unspecified atom stereocenters. The Morgan fingerprint density at radius 2 is 2.21 bits per heavy atom. The Morgan fingerprint density at radius 1 is 1.53 bits per heavy atom. The van der Waals surface area contributed by atoms with Crippen molar-refractivity contribution in [2.24, 2.45) is 0 Å². The minimum absolute atomic E-state index is 0.102. The third kappa shape index (κ3) is 4.00. The van der Waals surface area contributed by atoms with Gasteiger partial charge >= 0.3 is 0 Å². The highest BCUT2D eigenvalue weighted by molar-refractivity contribution is 9.10. The number of carbonyl (C=O) groups is 1. The van der Waals surface area contributed by atoms with Gasteiger partial charge in [0.05, 0.1) is 10.5 Å². The maximum absolute atomic E-state index is 12.2. The van der Waals surface area contributed by atoms with Gasteiger partial charge in [0.15, 0.2) is 0 Å². The average Bonchev–Trinajstić information content (AvgIpc) is 2.38. The highest BCUT2D eigenvalue weighted by Crippen LogP contribution is 2.28. The van der Waals surface area contributed by atoms with Crippen LogP contribution in [0.1, 0.15) is 16.8 Å². The quantitative estimate of drug-likeness (QED) is 0.492. The molecule has 0 aromatic heterocycles. The van der Waals surface area contributed by atoms with E-state index in [9.17, 15) is 14.9 Å². The molecular formula is C12H16BrN3O3. The molecule has 0 aliphatic rings. The third-order valence-corrected chi connectivity index (χ3v) is 3.51. The molecule has 1 amide bonds. The lowest BCUT2D eigenvalue weighted by atomic mass is 10.1. The average molecular weight is 330 g/mol. The molecule has 0 bridgehead atoms. The van der Waals surface area contributed by atoms with Crippen LogP contribution in [-0.2, 0) is 0 Å². The van der Waals surface area contributed by atoms with Crippen LogP contribution in [0.15, 0.2) is 22.7 Å². The Bertz CT molecular complexity index is 479. The van der Waals surface area contributed by atoms with Crippen molar-refractivity contribution >= 4 is 27.5 Å². The number of carbonyl (C=O) groups excluding carboxylic acids is 1. The molecule has 1 rings (SSSR count). The third-order valence-electron chi connectivity index (χ3n) is 2.67. The van der Waals surface area contributed by atoms with Gasteiger partial charge in [0.1, 0.15) is 4.47 Å². The van der Waals surface area contributed by atoms with Crippen molar-refractivity contribution in [3.63, 3.8) is 0 Å². The molecule has 0 aliphatic carbocycles. The second-order valence-corrected chi connectivity index (χ2v) is 4.87. The van der Waals surface area contributed by atoms with Crippen molar-refractivity contribution in [1.29, 1.82) is 0 Å². The van der Waals surface area contributed by atoms with E-state index in [1.54, 1.807) is 18.0 Å². The van der Waals surface area contributed by atoms with Gasteiger partial charge in [0.25, 0.3) is 11.6 Å². The molecule has 6 nitrogen and oxygen atoms in total. The van der Waals surface area contributed by atoms with Crippen LogP contribution in [0.4, 0.5) is 5.69 Å². The Kier molecular flexibility index (Phi) is 5.91. The molecule has 0 saturated carbocycles. The Morgan fingerprint density at radius 3 is 2.79 bits per heavy atom. The molecule has 1 aromatic rings. The number of benzene rings is 1. The maximum Gasteiger partial charge on any atom is 0.284 e. The molecule has 0 fully saturated rings. The predicted octanol–water partition coefficient (Wildman–Crippen LogP) is 2.04. The van der Waals surface area contributed by atoms with E-state index in [0.29, 0.717) is 12.1 Å². The SMILES string of the molecule is CNCCCN(C)C(=O)c1cccc([N+](=O)[O-])c1Br. The van der Waals surface area contributed by atoms with Crippen LogP contribution in [0, 0.1) is 10.1 Å². The fourth-order valence-corrected chi connectivity index (χ4v) is 2.20. The molecule has 0 saturated heterocycles.